The summed E-state index contributed by atoms with van der Waals surface area (Å²) in [4.78, 5) is 30.7. The summed E-state index contributed by atoms with van der Waals surface area (Å²) in [7, 11) is 0. The van der Waals surface area contributed by atoms with Crippen molar-refractivity contribution < 1.29 is 9.18 Å². The Morgan fingerprint density at radius 3 is 2.59 bits per heavy atom. The van der Waals surface area contributed by atoms with E-state index in [-0.39, 0.29) is 11.5 Å². The number of benzene rings is 3. The zero-order valence-electron chi connectivity index (χ0n) is 18.7. The predicted molar refractivity (Wildman–Crippen MR) is 135 cm³/mol. The summed E-state index contributed by atoms with van der Waals surface area (Å²) in [6.07, 6.45) is 0. The smallest absolute Gasteiger partial charge is 0.266 e. The third kappa shape index (κ3) is 5.48. The van der Waals surface area contributed by atoms with Gasteiger partial charge in [-0.2, -0.15) is 0 Å². The summed E-state index contributed by atoms with van der Waals surface area (Å²) in [5, 5.41) is 4.26. The molecule has 0 aliphatic heterocycles. The fourth-order valence-electron chi connectivity index (χ4n) is 3.37. The third-order valence-corrected chi connectivity index (χ3v) is 6.38. The first-order valence-corrected chi connectivity index (χ1v) is 12.2. The van der Waals surface area contributed by atoms with Crippen LogP contribution in [0.3, 0.4) is 0 Å². The Balaban J connectivity index is 1.79. The molecule has 1 N–H and O–H groups in total. The van der Waals surface area contributed by atoms with E-state index in [1.165, 1.54) is 28.5 Å². The van der Waals surface area contributed by atoms with Crippen molar-refractivity contribution in [2.45, 2.75) is 24.8 Å². The fraction of sp³-hybridized carbons (Fsp3) is 0.192. The van der Waals surface area contributed by atoms with Gasteiger partial charge in [0, 0.05) is 22.9 Å². The number of hydrogen-bond acceptors (Lipinski definition) is 4. The van der Waals surface area contributed by atoms with Crippen LogP contribution in [0.1, 0.15) is 29.8 Å². The molecule has 34 heavy (non-hydrogen) atoms. The van der Waals surface area contributed by atoms with Gasteiger partial charge in [0.1, 0.15) is 5.82 Å². The van der Waals surface area contributed by atoms with Crippen molar-refractivity contribution in [1.82, 2.24) is 14.9 Å². The molecular formula is C26H23ClFN3O2S. The number of halogens is 2. The summed E-state index contributed by atoms with van der Waals surface area (Å²) in [5.74, 6) is 0.174. The lowest BCUT2D eigenvalue weighted by atomic mass is 10.1. The van der Waals surface area contributed by atoms with Crippen molar-refractivity contribution in [1.29, 1.82) is 0 Å². The van der Waals surface area contributed by atoms with Gasteiger partial charge in [0.2, 0.25) is 0 Å². The van der Waals surface area contributed by atoms with Crippen molar-refractivity contribution in [3.8, 4) is 5.69 Å². The van der Waals surface area contributed by atoms with E-state index in [1.807, 2.05) is 26.0 Å². The van der Waals surface area contributed by atoms with Crippen LogP contribution in [0.4, 0.5) is 4.39 Å². The molecule has 8 heteroatoms. The van der Waals surface area contributed by atoms with Crippen molar-refractivity contribution in [2.24, 2.45) is 5.92 Å². The van der Waals surface area contributed by atoms with Gasteiger partial charge in [-0.3, -0.25) is 14.2 Å². The highest BCUT2D eigenvalue weighted by atomic mass is 35.5. The minimum Gasteiger partial charge on any atom is -0.352 e. The van der Waals surface area contributed by atoms with Crippen LogP contribution in [-0.2, 0) is 5.75 Å². The molecule has 0 saturated carbocycles. The Labute approximate surface area is 206 Å². The zero-order valence-corrected chi connectivity index (χ0v) is 20.3. The second-order valence-corrected chi connectivity index (χ2v) is 9.64. The van der Waals surface area contributed by atoms with Gasteiger partial charge in [-0.1, -0.05) is 55.4 Å². The van der Waals surface area contributed by atoms with Gasteiger partial charge in [-0.15, -0.1) is 0 Å². The van der Waals surface area contributed by atoms with Gasteiger partial charge in [0.25, 0.3) is 11.5 Å². The number of fused-ring (bicyclic) bond motifs is 1. The van der Waals surface area contributed by atoms with Gasteiger partial charge < -0.3 is 5.32 Å². The van der Waals surface area contributed by atoms with E-state index in [2.05, 4.69) is 5.32 Å². The maximum atomic E-state index is 14.0. The number of carbonyl (C=O) groups excluding carboxylic acids is 1. The first-order valence-electron chi connectivity index (χ1n) is 10.8. The molecule has 1 heterocycles. The number of rotatable bonds is 7. The molecule has 0 saturated heterocycles. The summed E-state index contributed by atoms with van der Waals surface area (Å²) in [6.45, 7) is 4.58. The molecular weight excluding hydrogens is 473 g/mol. The van der Waals surface area contributed by atoms with E-state index in [0.717, 1.165) is 5.56 Å². The number of amides is 1. The van der Waals surface area contributed by atoms with Crippen molar-refractivity contribution in [3.63, 3.8) is 0 Å². The van der Waals surface area contributed by atoms with E-state index in [4.69, 9.17) is 16.6 Å². The fourth-order valence-corrected chi connectivity index (χ4v) is 4.47. The molecule has 0 radical (unpaired) electrons. The second-order valence-electron chi connectivity index (χ2n) is 8.27. The first kappa shape index (κ1) is 24.0. The number of aromatic nitrogens is 2. The minimum absolute atomic E-state index is 0.220. The van der Waals surface area contributed by atoms with Gasteiger partial charge in [0.15, 0.2) is 5.16 Å². The monoisotopic (exact) mass is 495 g/mol. The van der Waals surface area contributed by atoms with Crippen LogP contribution < -0.4 is 10.9 Å². The number of thioether (sulfide) groups is 1. The highest BCUT2D eigenvalue weighted by Crippen LogP contribution is 2.26. The van der Waals surface area contributed by atoms with Gasteiger partial charge in [-0.05, 0) is 60.0 Å². The molecule has 0 bridgehead atoms. The molecule has 1 amide bonds. The third-order valence-electron chi connectivity index (χ3n) is 5.12. The van der Waals surface area contributed by atoms with Crippen molar-refractivity contribution in [3.05, 3.63) is 99.1 Å². The molecule has 1 aromatic heterocycles. The molecule has 0 atom stereocenters. The number of carbonyl (C=O) groups is 1. The van der Waals surface area contributed by atoms with Crippen LogP contribution >= 0.6 is 23.4 Å². The molecule has 4 rings (SSSR count). The SMILES string of the molecule is CC(C)CNC(=O)c1ccc2c(=O)n(-c3cccc(F)c3)c(SCc3ccc(Cl)cc3)nc2c1. The second kappa shape index (κ2) is 10.4. The van der Waals surface area contributed by atoms with Crippen LogP contribution in [-0.4, -0.2) is 22.0 Å². The maximum Gasteiger partial charge on any atom is 0.266 e. The van der Waals surface area contributed by atoms with Crippen LogP contribution in [0.2, 0.25) is 5.02 Å². The Bertz CT molecular complexity index is 1400. The molecule has 0 spiro atoms. The normalized spacial score (nSPS) is 11.2. The largest absolute Gasteiger partial charge is 0.352 e. The molecule has 174 valence electrons. The lowest BCUT2D eigenvalue weighted by molar-refractivity contribution is 0.0949. The number of nitrogens with one attached hydrogen (secondary N) is 1. The van der Waals surface area contributed by atoms with Crippen LogP contribution in [0.5, 0.6) is 0 Å². The number of hydrogen-bond donors (Lipinski definition) is 1. The van der Waals surface area contributed by atoms with Crippen molar-refractivity contribution in [2.75, 3.05) is 6.54 Å². The molecule has 0 fully saturated rings. The average Bonchev–Trinajstić information content (AvgIpc) is 2.82. The topological polar surface area (TPSA) is 64.0 Å². The zero-order chi connectivity index (χ0) is 24.2. The Hall–Kier alpha value is -3.16. The van der Waals surface area contributed by atoms with Crippen LogP contribution in [0.25, 0.3) is 16.6 Å². The molecule has 0 aliphatic carbocycles. The van der Waals surface area contributed by atoms with Gasteiger partial charge in [0.05, 0.1) is 16.6 Å². The van der Waals surface area contributed by atoms with E-state index in [0.29, 0.717) is 50.5 Å². The Morgan fingerprint density at radius 2 is 1.88 bits per heavy atom. The maximum absolute atomic E-state index is 14.0. The minimum atomic E-state index is -0.449. The molecule has 5 nitrogen and oxygen atoms in total. The first-order chi connectivity index (χ1) is 16.3. The predicted octanol–water partition coefficient (Wildman–Crippen LogP) is 5.86. The standard InChI is InChI=1S/C26H23ClFN3O2S/c1-16(2)14-29-24(32)18-8-11-22-23(12-18)30-26(34-15-17-6-9-19(27)10-7-17)31(25(22)33)21-5-3-4-20(28)13-21/h3-13,16H,14-15H2,1-2H3,(H,29,32). The molecule has 0 aliphatic rings. The lowest BCUT2D eigenvalue weighted by Gasteiger charge is -2.14. The van der Waals surface area contributed by atoms with E-state index < -0.39 is 5.82 Å². The summed E-state index contributed by atoms with van der Waals surface area (Å²) < 4.78 is 15.4. The summed E-state index contributed by atoms with van der Waals surface area (Å²) in [5.41, 5.74) is 1.89. The van der Waals surface area contributed by atoms with Gasteiger partial charge in [-0.25, -0.2) is 9.37 Å². The van der Waals surface area contributed by atoms with Gasteiger partial charge >= 0.3 is 0 Å². The summed E-state index contributed by atoms with van der Waals surface area (Å²) in [6, 6.07) is 18.1. The summed E-state index contributed by atoms with van der Waals surface area (Å²) >= 11 is 7.33. The highest BCUT2D eigenvalue weighted by Gasteiger charge is 2.16. The molecule has 3 aromatic carbocycles. The van der Waals surface area contributed by atoms with Crippen LogP contribution in [0, 0.1) is 11.7 Å². The molecule has 4 aromatic rings. The average molecular weight is 496 g/mol. The van der Waals surface area contributed by atoms with E-state index >= 15 is 0 Å². The van der Waals surface area contributed by atoms with E-state index in [1.54, 1.807) is 42.5 Å². The van der Waals surface area contributed by atoms with E-state index in [9.17, 15) is 14.0 Å². The number of nitrogens with zero attached hydrogens (tertiary/aromatic N) is 2. The van der Waals surface area contributed by atoms with Crippen LogP contribution in [0.15, 0.2) is 76.7 Å². The lowest BCUT2D eigenvalue weighted by Crippen LogP contribution is -2.27. The Kier molecular flexibility index (Phi) is 7.34. The Morgan fingerprint density at radius 1 is 1.12 bits per heavy atom. The van der Waals surface area contributed by atoms with Crippen molar-refractivity contribution >= 4 is 40.2 Å². The highest BCUT2D eigenvalue weighted by molar-refractivity contribution is 7.98. The quantitative estimate of drug-likeness (QED) is 0.258. The molecule has 0 unspecified atom stereocenters.